The van der Waals surface area contributed by atoms with E-state index in [-0.39, 0.29) is 0 Å². The second-order valence-electron chi connectivity index (χ2n) is 8.67. The molecule has 0 bridgehead atoms. The molecule has 170 valence electrons. The number of rotatable bonds is 6. The molecule has 1 saturated heterocycles. The molecule has 0 amide bonds. The summed E-state index contributed by atoms with van der Waals surface area (Å²) in [6.45, 7) is 3.27. The van der Waals surface area contributed by atoms with E-state index >= 15 is 0 Å². The number of nitrogens with two attached hydrogens (primary N) is 1. The molecule has 1 fully saturated rings. The summed E-state index contributed by atoms with van der Waals surface area (Å²) in [6, 6.07) is 14.9. The van der Waals surface area contributed by atoms with Gasteiger partial charge in [0.15, 0.2) is 5.65 Å². The van der Waals surface area contributed by atoms with Gasteiger partial charge in [0.1, 0.15) is 5.82 Å². The SMILES string of the molecule is CCC[C@@H]1CC(c2nc3c(-c4ccc(-c5ccccc5)nc4)cnn3c(N)c2SC)CCN1. The summed E-state index contributed by atoms with van der Waals surface area (Å²) in [7, 11) is 0. The number of nitrogens with zero attached hydrogens (tertiary/aromatic N) is 4. The van der Waals surface area contributed by atoms with E-state index in [0.29, 0.717) is 17.8 Å². The van der Waals surface area contributed by atoms with Crippen LogP contribution >= 0.6 is 11.8 Å². The lowest BCUT2D eigenvalue weighted by Crippen LogP contribution is -2.37. The van der Waals surface area contributed by atoms with Crippen molar-refractivity contribution in [3.8, 4) is 22.4 Å². The lowest BCUT2D eigenvalue weighted by Gasteiger charge is -2.31. The molecule has 0 saturated carbocycles. The van der Waals surface area contributed by atoms with Crippen molar-refractivity contribution in [2.24, 2.45) is 0 Å². The Bertz CT molecular complexity index is 1230. The molecule has 7 heteroatoms. The van der Waals surface area contributed by atoms with Crippen LogP contribution in [0.1, 0.15) is 44.2 Å². The molecule has 3 N–H and O–H groups in total. The molecule has 6 nitrogen and oxygen atoms in total. The molecule has 0 spiro atoms. The molecular weight excluding hydrogens is 428 g/mol. The van der Waals surface area contributed by atoms with Crippen LogP contribution in [0.25, 0.3) is 28.0 Å². The Kier molecular flexibility index (Phi) is 6.33. The Labute approximate surface area is 199 Å². The zero-order chi connectivity index (χ0) is 22.8. The summed E-state index contributed by atoms with van der Waals surface area (Å²) in [5, 5.41) is 8.26. The van der Waals surface area contributed by atoms with E-state index in [1.165, 1.54) is 12.8 Å². The summed E-state index contributed by atoms with van der Waals surface area (Å²) in [5.74, 6) is 1.08. The van der Waals surface area contributed by atoms with Crippen LogP contribution in [0.3, 0.4) is 0 Å². The van der Waals surface area contributed by atoms with Gasteiger partial charge in [-0.05, 0) is 38.1 Å². The zero-order valence-corrected chi connectivity index (χ0v) is 20.0. The fourth-order valence-electron chi connectivity index (χ4n) is 4.86. The molecule has 5 rings (SSSR count). The Morgan fingerprint density at radius 2 is 1.97 bits per heavy atom. The van der Waals surface area contributed by atoms with Crippen LogP contribution in [-0.2, 0) is 0 Å². The van der Waals surface area contributed by atoms with Gasteiger partial charge in [0.2, 0.25) is 0 Å². The summed E-state index contributed by atoms with van der Waals surface area (Å²) < 4.78 is 1.78. The van der Waals surface area contributed by atoms with E-state index in [2.05, 4.69) is 47.9 Å². The minimum absolute atomic E-state index is 0.402. The van der Waals surface area contributed by atoms with Gasteiger partial charge < -0.3 is 11.1 Å². The first kappa shape index (κ1) is 21.9. The van der Waals surface area contributed by atoms with Crippen LogP contribution in [0.5, 0.6) is 0 Å². The van der Waals surface area contributed by atoms with E-state index in [4.69, 9.17) is 15.7 Å². The lowest BCUT2D eigenvalue weighted by molar-refractivity contribution is 0.339. The first-order valence-corrected chi connectivity index (χ1v) is 12.9. The molecule has 1 aromatic carbocycles. The quantitative estimate of drug-likeness (QED) is 0.377. The van der Waals surface area contributed by atoms with E-state index in [1.54, 1.807) is 16.3 Å². The second kappa shape index (κ2) is 9.53. The number of pyridine rings is 1. The minimum Gasteiger partial charge on any atom is -0.383 e. The first-order valence-electron chi connectivity index (χ1n) is 11.7. The van der Waals surface area contributed by atoms with Crippen LogP contribution in [0.15, 0.2) is 59.8 Å². The van der Waals surface area contributed by atoms with Crippen molar-refractivity contribution in [2.45, 2.75) is 49.5 Å². The van der Waals surface area contributed by atoms with Crippen LogP contribution in [0, 0.1) is 0 Å². The summed E-state index contributed by atoms with van der Waals surface area (Å²) in [6.07, 6.45) is 10.4. The van der Waals surface area contributed by atoms with E-state index < -0.39 is 0 Å². The number of hydrogen-bond acceptors (Lipinski definition) is 6. The second-order valence-corrected chi connectivity index (χ2v) is 9.48. The molecule has 2 atom stereocenters. The van der Waals surface area contributed by atoms with Gasteiger partial charge in [-0.3, -0.25) is 4.98 Å². The minimum atomic E-state index is 0.402. The zero-order valence-electron chi connectivity index (χ0n) is 19.2. The van der Waals surface area contributed by atoms with Gasteiger partial charge in [0, 0.05) is 34.8 Å². The van der Waals surface area contributed by atoms with Crippen LogP contribution in [-0.4, -0.2) is 38.4 Å². The molecule has 33 heavy (non-hydrogen) atoms. The molecule has 1 aliphatic rings. The van der Waals surface area contributed by atoms with E-state index in [0.717, 1.165) is 58.0 Å². The predicted octanol–water partition coefficient (Wildman–Crippen LogP) is 5.40. The number of anilines is 1. The van der Waals surface area contributed by atoms with Crippen molar-refractivity contribution in [1.29, 1.82) is 0 Å². The lowest BCUT2D eigenvalue weighted by atomic mass is 9.87. The topological polar surface area (TPSA) is 81.1 Å². The Hall–Kier alpha value is -2.90. The van der Waals surface area contributed by atoms with Crippen molar-refractivity contribution in [2.75, 3.05) is 18.5 Å². The summed E-state index contributed by atoms with van der Waals surface area (Å²) in [5.41, 5.74) is 12.6. The Morgan fingerprint density at radius 3 is 2.70 bits per heavy atom. The molecule has 1 aliphatic heterocycles. The molecular formula is C26H30N6S. The normalized spacial score (nSPS) is 18.6. The highest BCUT2D eigenvalue weighted by molar-refractivity contribution is 7.98. The highest BCUT2D eigenvalue weighted by Crippen LogP contribution is 2.38. The van der Waals surface area contributed by atoms with Crippen LogP contribution in [0.2, 0.25) is 0 Å². The maximum atomic E-state index is 6.63. The number of fused-ring (bicyclic) bond motifs is 1. The molecule has 3 aromatic heterocycles. The van der Waals surface area contributed by atoms with Gasteiger partial charge in [-0.25, -0.2) is 4.98 Å². The molecule has 4 aromatic rings. The average molecular weight is 459 g/mol. The van der Waals surface area contributed by atoms with Gasteiger partial charge in [0.05, 0.1) is 22.5 Å². The largest absolute Gasteiger partial charge is 0.383 e. The summed E-state index contributed by atoms with van der Waals surface area (Å²) >= 11 is 1.67. The third-order valence-electron chi connectivity index (χ3n) is 6.53. The number of nitrogen functional groups attached to an aromatic ring is 1. The fourth-order valence-corrected chi connectivity index (χ4v) is 5.58. The van der Waals surface area contributed by atoms with Crippen LogP contribution in [0.4, 0.5) is 5.82 Å². The van der Waals surface area contributed by atoms with Crippen molar-refractivity contribution in [3.63, 3.8) is 0 Å². The standard InChI is InChI=1S/C26H30N6S/c1-3-7-20-14-18(12-13-28-20)23-24(33-2)25(27)32-26(31-23)21(16-30-32)19-10-11-22(29-15-19)17-8-5-4-6-9-17/h4-6,8-11,15-16,18,20,28H,3,7,12-14,27H2,1-2H3/t18?,20-/m1/s1. The average Bonchev–Trinajstić information content (AvgIpc) is 3.29. The maximum Gasteiger partial charge on any atom is 0.165 e. The van der Waals surface area contributed by atoms with Crippen LogP contribution < -0.4 is 11.1 Å². The van der Waals surface area contributed by atoms with E-state index in [1.807, 2.05) is 30.6 Å². The monoisotopic (exact) mass is 458 g/mol. The van der Waals surface area contributed by atoms with Gasteiger partial charge in [-0.1, -0.05) is 49.7 Å². The Balaban J connectivity index is 1.55. The third-order valence-corrected chi connectivity index (χ3v) is 7.36. The number of thioether (sulfide) groups is 1. The smallest absolute Gasteiger partial charge is 0.165 e. The fraction of sp³-hybridized carbons (Fsp3) is 0.346. The first-order chi connectivity index (χ1) is 16.2. The molecule has 0 aliphatic carbocycles. The van der Waals surface area contributed by atoms with Crippen molar-refractivity contribution >= 4 is 23.2 Å². The highest BCUT2D eigenvalue weighted by atomic mass is 32.2. The van der Waals surface area contributed by atoms with Crippen molar-refractivity contribution < 1.29 is 0 Å². The summed E-state index contributed by atoms with van der Waals surface area (Å²) in [4.78, 5) is 10.9. The Morgan fingerprint density at radius 1 is 1.12 bits per heavy atom. The number of piperidine rings is 1. The third kappa shape index (κ3) is 4.23. The van der Waals surface area contributed by atoms with Gasteiger partial charge >= 0.3 is 0 Å². The van der Waals surface area contributed by atoms with Gasteiger partial charge in [0.25, 0.3) is 0 Å². The molecule has 0 radical (unpaired) electrons. The number of nitrogens with one attached hydrogen (secondary N) is 1. The number of benzene rings is 1. The molecule has 4 heterocycles. The van der Waals surface area contributed by atoms with Gasteiger partial charge in [-0.15, -0.1) is 11.8 Å². The van der Waals surface area contributed by atoms with Gasteiger partial charge in [-0.2, -0.15) is 9.61 Å². The number of hydrogen-bond donors (Lipinski definition) is 2. The van der Waals surface area contributed by atoms with E-state index in [9.17, 15) is 0 Å². The number of aromatic nitrogens is 4. The van der Waals surface area contributed by atoms with Crippen molar-refractivity contribution in [3.05, 3.63) is 60.6 Å². The predicted molar refractivity (Wildman–Crippen MR) is 137 cm³/mol. The maximum absolute atomic E-state index is 6.63. The molecule has 1 unspecified atom stereocenters. The van der Waals surface area contributed by atoms with Crippen molar-refractivity contribution in [1.82, 2.24) is 24.9 Å². The highest BCUT2D eigenvalue weighted by Gasteiger charge is 2.28.